The van der Waals surface area contributed by atoms with E-state index >= 15 is 0 Å². The molecule has 0 aliphatic rings. The Kier molecular flexibility index (Phi) is 4.17. The second kappa shape index (κ2) is 4.37. The Morgan fingerprint density at radius 3 is 2.70 bits per heavy atom. The second-order valence-electron chi connectivity index (χ2n) is 1.69. The average molecular weight is 167 g/mol. The van der Waals surface area contributed by atoms with Crippen LogP contribution in [0.4, 0.5) is 0 Å². The van der Waals surface area contributed by atoms with Crippen LogP contribution in [0.2, 0.25) is 0 Å². The normalized spacial score (nSPS) is 15.9. The Morgan fingerprint density at radius 2 is 2.40 bits per heavy atom. The molecule has 0 bridgehead atoms. The van der Waals surface area contributed by atoms with E-state index in [1.165, 1.54) is 6.92 Å². The summed E-state index contributed by atoms with van der Waals surface area (Å²) < 4.78 is 22.3. The van der Waals surface area contributed by atoms with Gasteiger partial charge in [-0.15, -0.1) is 0 Å². The van der Waals surface area contributed by atoms with Crippen molar-refractivity contribution in [3.05, 3.63) is 0 Å². The fraction of sp³-hybridized carbons (Fsp3) is 0.750. The van der Waals surface area contributed by atoms with Gasteiger partial charge in [0.2, 0.25) is 0 Å². The number of rotatable bonds is 3. The predicted octanol–water partition coefficient (Wildman–Crippen LogP) is -0.944. The molecule has 0 aliphatic carbocycles. The molecule has 1 unspecified atom stereocenters. The van der Waals surface area contributed by atoms with E-state index in [0.29, 0.717) is 0 Å². The number of carbonyl (C=O) groups excluding carboxylic acids is 1. The van der Waals surface area contributed by atoms with Crippen LogP contribution in [0.25, 0.3) is 0 Å². The molecule has 0 amide bonds. The topological polar surface area (TPSA) is 89.6 Å². The summed E-state index contributed by atoms with van der Waals surface area (Å²) in [5.74, 6) is -1.19. The van der Waals surface area contributed by atoms with Gasteiger partial charge in [-0.25, -0.2) is 4.21 Å². The van der Waals surface area contributed by atoms with Gasteiger partial charge < -0.3 is 15.0 Å². The van der Waals surface area contributed by atoms with Gasteiger partial charge in [0.25, 0.3) is 0 Å². The Balaban J connectivity index is 3.50. The molecule has 0 saturated carbocycles. The van der Waals surface area contributed by atoms with E-state index in [9.17, 15) is 9.00 Å². The van der Waals surface area contributed by atoms with Crippen LogP contribution in [0, 0.1) is 0 Å². The van der Waals surface area contributed by atoms with E-state index in [4.69, 9.17) is 10.3 Å². The number of nitrogens with two attached hydrogens (primary N) is 1. The highest BCUT2D eigenvalue weighted by Gasteiger charge is 2.08. The molecule has 0 radical (unpaired) electrons. The van der Waals surface area contributed by atoms with E-state index in [1.807, 2.05) is 0 Å². The van der Waals surface area contributed by atoms with Crippen molar-refractivity contribution >= 4 is 17.0 Å². The maximum atomic E-state index is 10.5. The van der Waals surface area contributed by atoms with Crippen molar-refractivity contribution in [2.24, 2.45) is 5.73 Å². The van der Waals surface area contributed by atoms with Gasteiger partial charge >= 0.3 is 5.97 Å². The van der Waals surface area contributed by atoms with Crippen molar-refractivity contribution < 1.29 is 18.3 Å². The largest absolute Gasteiger partial charge is 0.448 e. The van der Waals surface area contributed by atoms with Gasteiger partial charge in [0.15, 0.2) is 17.0 Å². The van der Waals surface area contributed by atoms with Crippen molar-refractivity contribution in [2.45, 2.75) is 13.0 Å². The van der Waals surface area contributed by atoms with Crippen molar-refractivity contribution in [2.75, 3.05) is 5.94 Å². The molecule has 0 aliphatic heterocycles. The third-order valence-corrected chi connectivity index (χ3v) is 0.993. The molecule has 6 heteroatoms. The zero-order chi connectivity index (χ0) is 8.15. The summed E-state index contributed by atoms with van der Waals surface area (Å²) in [7, 11) is 0. The highest BCUT2D eigenvalue weighted by molar-refractivity contribution is 7.79. The van der Waals surface area contributed by atoms with Gasteiger partial charge in [-0.3, -0.25) is 4.79 Å². The molecule has 0 saturated heterocycles. The van der Waals surface area contributed by atoms with E-state index in [0.717, 1.165) is 0 Å². The highest BCUT2D eigenvalue weighted by Crippen LogP contribution is 1.84. The van der Waals surface area contributed by atoms with Crippen LogP contribution in [-0.2, 0) is 20.6 Å². The summed E-state index contributed by atoms with van der Waals surface area (Å²) in [5, 5.41) is 0. The zero-order valence-electron chi connectivity index (χ0n) is 5.44. The average Bonchev–Trinajstić information content (AvgIpc) is 1.82. The van der Waals surface area contributed by atoms with Gasteiger partial charge in [-0.2, -0.15) is 0 Å². The molecule has 0 rings (SSSR count). The number of hydrogen-bond donors (Lipinski definition) is 2. The van der Waals surface area contributed by atoms with Crippen LogP contribution in [-0.4, -0.2) is 26.7 Å². The van der Waals surface area contributed by atoms with Crippen LogP contribution in [0.3, 0.4) is 0 Å². The molecule has 0 aromatic rings. The predicted molar refractivity (Wildman–Crippen MR) is 35.4 cm³/mol. The van der Waals surface area contributed by atoms with Crippen LogP contribution in [0.5, 0.6) is 0 Å². The number of esters is 1. The first-order chi connectivity index (χ1) is 4.54. The van der Waals surface area contributed by atoms with Crippen molar-refractivity contribution in [3.63, 3.8) is 0 Å². The molecule has 0 fully saturated rings. The minimum atomic E-state index is -2.10. The molecule has 5 nitrogen and oxygen atoms in total. The molecule has 2 atom stereocenters. The van der Waals surface area contributed by atoms with E-state index < -0.39 is 29.0 Å². The summed E-state index contributed by atoms with van der Waals surface area (Å²) in [6, 6.07) is -0.747. The van der Waals surface area contributed by atoms with E-state index in [2.05, 4.69) is 4.74 Å². The minimum Gasteiger partial charge on any atom is -0.448 e. The van der Waals surface area contributed by atoms with E-state index in [1.54, 1.807) is 0 Å². The summed E-state index contributed by atoms with van der Waals surface area (Å²) in [6.45, 7) is 1.43. The molecule has 0 heterocycles. The van der Waals surface area contributed by atoms with Crippen LogP contribution >= 0.6 is 0 Å². The Morgan fingerprint density at radius 1 is 1.90 bits per heavy atom. The Hall–Kier alpha value is -0.460. The first-order valence-electron chi connectivity index (χ1n) is 2.53. The fourth-order valence-corrected chi connectivity index (χ4v) is 0.457. The Bertz CT molecular complexity index is 146. The molecule has 0 spiro atoms. The van der Waals surface area contributed by atoms with Crippen LogP contribution in [0.1, 0.15) is 6.92 Å². The first-order valence-corrected chi connectivity index (χ1v) is 3.81. The summed E-state index contributed by atoms with van der Waals surface area (Å²) in [4.78, 5) is 10.5. The SMILES string of the molecule is C[C@H](N)C(=O)OCS(=O)O. The first kappa shape index (κ1) is 9.54. The quantitative estimate of drug-likeness (QED) is 0.418. The monoisotopic (exact) mass is 167 g/mol. The van der Waals surface area contributed by atoms with Crippen molar-refractivity contribution in [1.29, 1.82) is 0 Å². The molecule has 60 valence electrons. The lowest BCUT2D eigenvalue weighted by molar-refractivity contribution is -0.142. The lowest BCUT2D eigenvalue weighted by Crippen LogP contribution is -2.29. The fourth-order valence-electron chi connectivity index (χ4n) is 0.240. The molecule has 10 heavy (non-hydrogen) atoms. The third-order valence-electron chi connectivity index (χ3n) is 0.674. The van der Waals surface area contributed by atoms with Gasteiger partial charge in [0.05, 0.1) is 0 Å². The zero-order valence-corrected chi connectivity index (χ0v) is 6.26. The van der Waals surface area contributed by atoms with Crippen LogP contribution in [0.15, 0.2) is 0 Å². The summed E-state index contributed by atoms with van der Waals surface area (Å²) in [5.41, 5.74) is 5.07. The van der Waals surface area contributed by atoms with Gasteiger partial charge in [-0.1, -0.05) is 0 Å². The molecular weight excluding hydrogens is 158 g/mol. The maximum Gasteiger partial charge on any atom is 0.323 e. The lowest BCUT2D eigenvalue weighted by atomic mass is 10.4. The summed E-state index contributed by atoms with van der Waals surface area (Å²) >= 11 is -2.10. The molecule has 0 aromatic heterocycles. The van der Waals surface area contributed by atoms with E-state index in [-0.39, 0.29) is 0 Å². The van der Waals surface area contributed by atoms with Crippen molar-refractivity contribution in [1.82, 2.24) is 0 Å². The number of ether oxygens (including phenoxy) is 1. The number of carbonyl (C=O) groups is 1. The number of hydrogen-bond acceptors (Lipinski definition) is 4. The van der Waals surface area contributed by atoms with Crippen LogP contribution < -0.4 is 5.73 Å². The Labute approximate surface area is 60.8 Å². The standard InChI is InChI=1S/C4H9NO4S/c1-3(5)4(6)9-2-10(7)8/h3H,2,5H2,1H3,(H,7,8)/t3-/m0/s1. The van der Waals surface area contributed by atoms with Gasteiger partial charge in [0, 0.05) is 0 Å². The minimum absolute atomic E-state index is 0.514. The third kappa shape index (κ3) is 4.42. The molecular formula is C4H9NO4S. The van der Waals surface area contributed by atoms with Gasteiger partial charge in [-0.05, 0) is 6.92 Å². The summed E-state index contributed by atoms with van der Waals surface area (Å²) in [6.07, 6.45) is 0. The lowest BCUT2D eigenvalue weighted by Gasteiger charge is -2.03. The second-order valence-corrected chi connectivity index (χ2v) is 2.57. The van der Waals surface area contributed by atoms with Gasteiger partial charge in [0.1, 0.15) is 6.04 Å². The maximum absolute atomic E-state index is 10.5. The highest BCUT2D eigenvalue weighted by atomic mass is 32.2. The smallest absolute Gasteiger partial charge is 0.323 e. The molecule has 0 aromatic carbocycles. The molecule has 3 N–H and O–H groups in total. The van der Waals surface area contributed by atoms with Crippen molar-refractivity contribution in [3.8, 4) is 0 Å².